The number of anilines is 1. The number of halogens is 1. The normalized spacial score (nSPS) is 12.4. The van der Waals surface area contributed by atoms with Crippen molar-refractivity contribution in [2.75, 3.05) is 11.9 Å². The van der Waals surface area contributed by atoms with E-state index in [0.29, 0.717) is 17.5 Å². The van der Waals surface area contributed by atoms with Crippen molar-refractivity contribution in [1.29, 1.82) is 0 Å². The molecule has 2 aromatic rings. The predicted octanol–water partition coefficient (Wildman–Crippen LogP) is 2.90. The number of hydrogen-bond acceptors (Lipinski definition) is 5. The highest BCUT2D eigenvalue weighted by Gasteiger charge is 2.11. The Hall–Kier alpha value is -1.17. The van der Waals surface area contributed by atoms with Gasteiger partial charge >= 0.3 is 0 Å². The van der Waals surface area contributed by atoms with Crippen LogP contribution in [0.5, 0.6) is 0 Å². The SMILES string of the molecule is CCc1c(Cl)ncnc1NCC(O)c1ccsc1. The van der Waals surface area contributed by atoms with Crippen LogP contribution in [0.15, 0.2) is 23.2 Å². The zero-order valence-corrected chi connectivity index (χ0v) is 11.5. The number of rotatable bonds is 5. The first-order valence-electron chi connectivity index (χ1n) is 5.65. The van der Waals surface area contributed by atoms with Gasteiger partial charge < -0.3 is 10.4 Å². The van der Waals surface area contributed by atoms with Gasteiger partial charge in [-0.1, -0.05) is 18.5 Å². The lowest BCUT2D eigenvalue weighted by atomic mass is 10.2. The first-order chi connectivity index (χ1) is 8.72. The molecule has 18 heavy (non-hydrogen) atoms. The average Bonchev–Trinajstić information content (AvgIpc) is 2.90. The van der Waals surface area contributed by atoms with E-state index in [1.165, 1.54) is 6.33 Å². The largest absolute Gasteiger partial charge is 0.387 e. The van der Waals surface area contributed by atoms with Gasteiger partial charge in [0.15, 0.2) is 0 Å². The summed E-state index contributed by atoms with van der Waals surface area (Å²) in [5.41, 5.74) is 1.78. The molecule has 0 bridgehead atoms. The minimum Gasteiger partial charge on any atom is -0.387 e. The summed E-state index contributed by atoms with van der Waals surface area (Å²) in [7, 11) is 0. The van der Waals surface area contributed by atoms with Crippen molar-refractivity contribution >= 4 is 28.8 Å². The Morgan fingerprint density at radius 2 is 2.33 bits per heavy atom. The van der Waals surface area contributed by atoms with Gasteiger partial charge in [0.2, 0.25) is 0 Å². The molecule has 0 saturated carbocycles. The molecule has 0 saturated heterocycles. The number of aliphatic hydroxyl groups excluding tert-OH is 1. The van der Waals surface area contributed by atoms with Crippen molar-refractivity contribution in [2.24, 2.45) is 0 Å². The van der Waals surface area contributed by atoms with Gasteiger partial charge in [0.25, 0.3) is 0 Å². The van der Waals surface area contributed by atoms with Crippen LogP contribution in [0.1, 0.15) is 24.2 Å². The highest BCUT2D eigenvalue weighted by molar-refractivity contribution is 7.07. The van der Waals surface area contributed by atoms with E-state index in [0.717, 1.165) is 17.5 Å². The fourth-order valence-corrected chi connectivity index (χ4v) is 2.61. The Morgan fingerprint density at radius 1 is 1.50 bits per heavy atom. The summed E-state index contributed by atoms with van der Waals surface area (Å²) in [5.74, 6) is 0.687. The molecule has 2 rings (SSSR count). The smallest absolute Gasteiger partial charge is 0.137 e. The van der Waals surface area contributed by atoms with E-state index >= 15 is 0 Å². The van der Waals surface area contributed by atoms with Crippen molar-refractivity contribution in [3.8, 4) is 0 Å². The van der Waals surface area contributed by atoms with Crippen molar-refractivity contribution in [1.82, 2.24) is 9.97 Å². The minimum atomic E-state index is -0.547. The highest BCUT2D eigenvalue weighted by atomic mass is 35.5. The molecule has 6 heteroatoms. The molecule has 0 spiro atoms. The first kappa shape index (κ1) is 13.3. The Kier molecular flexibility index (Phi) is 4.52. The Labute approximate surface area is 115 Å². The molecule has 0 fully saturated rings. The molecule has 2 N–H and O–H groups in total. The van der Waals surface area contributed by atoms with Crippen LogP contribution in [0.2, 0.25) is 5.15 Å². The van der Waals surface area contributed by atoms with Crippen molar-refractivity contribution in [3.63, 3.8) is 0 Å². The Balaban J connectivity index is 2.04. The summed E-state index contributed by atoms with van der Waals surface area (Å²) in [5, 5.41) is 17.4. The fraction of sp³-hybridized carbons (Fsp3) is 0.333. The second-order valence-electron chi connectivity index (χ2n) is 3.80. The molecule has 2 heterocycles. The lowest BCUT2D eigenvalue weighted by Gasteiger charge is -2.13. The summed E-state index contributed by atoms with van der Waals surface area (Å²) in [6.07, 6.45) is 1.62. The summed E-state index contributed by atoms with van der Waals surface area (Å²) >= 11 is 7.56. The van der Waals surface area contributed by atoms with Crippen LogP contribution in [0, 0.1) is 0 Å². The molecule has 2 aromatic heterocycles. The van der Waals surface area contributed by atoms with Gasteiger partial charge in [-0.05, 0) is 28.8 Å². The molecular formula is C12H14ClN3OS. The maximum absolute atomic E-state index is 9.97. The number of hydrogen-bond donors (Lipinski definition) is 2. The summed E-state index contributed by atoms with van der Waals surface area (Å²) in [6, 6.07) is 1.91. The Morgan fingerprint density at radius 3 is 3.00 bits per heavy atom. The van der Waals surface area contributed by atoms with E-state index in [2.05, 4.69) is 15.3 Å². The molecule has 0 aromatic carbocycles. The van der Waals surface area contributed by atoms with E-state index < -0.39 is 6.10 Å². The van der Waals surface area contributed by atoms with E-state index in [9.17, 15) is 5.11 Å². The quantitative estimate of drug-likeness (QED) is 0.829. The molecule has 0 aliphatic heterocycles. The molecule has 4 nitrogen and oxygen atoms in total. The molecule has 1 unspecified atom stereocenters. The predicted molar refractivity (Wildman–Crippen MR) is 74.2 cm³/mol. The summed E-state index contributed by atoms with van der Waals surface area (Å²) in [4.78, 5) is 8.09. The second-order valence-corrected chi connectivity index (χ2v) is 4.94. The standard InChI is InChI=1S/C12H14ClN3OS/c1-2-9-11(13)15-7-16-12(9)14-5-10(17)8-3-4-18-6-8/h3-4,6-7,10,17H,2,5H2,1H3,(H,14,15,16). The van der Waals surface area contributed by atoms with Crippen LogP contribution >= 0.6 is 22.9 Å². The second kappa shape index (κ2) is 6.13. The van der Waals surface area contributed by atoms with E-state index in [-0.39, 0.29) is 0 Å². The van der Waals surface area contributed by atoms with Crippen LogP contribution in [0.3, 0.4) is 0 Å². The van der Waals surface area contributed by atoms with E-state index in [1.54, 1.807) is 11.3 Å². The third kappa shape index (κ3) is 2.98. The number of aliphatic hydroxyl groups is 1. The van der Waals surface area contributed by atoms with Gasteiger partial charge in [-0.15, -0.1) is 0 Å². The Bertz CT molecular complexity index is 504. The third-order valence-corrected chi connectivity index (χ3v) is 3.66. The molecule has 96 valence electrons. The zero-order valence-electron chi connectivity index (χ0n) is 9.93. The molecular weight excluding hydrogens is 270 g/mol. The van der Waals surface area contributed by atoms with E-state index in [4.69, 9.17) is 11.6 Å². The zero-order chi connectivity index (χ0) is 13.0. The van der Waals surface area contributed by atoms with E-state index in [1.807, 2.05) is 23.8 Å². The lowest BCUT2D eigenvalue weighted by molar-refractivity contribution is 0.192. The lowest BCUT2D eigenvalue weighted by Crippen LogP contribution is -2.14. The monoisotopic (exact) mass is 283 g/mol. The van der Waals surface area contributed by atoms with Crippen LogP contribution in [0.25, 0.3) is 0 Å². The maximum Gasteiger partial charge on any atom is 0.137 e. The van der Waals surface area contributed by atoms with Crippen LogP contribution < -0.4 is 5.32 Å². The van der Waals surface area contributed by atoms with Crippen LogP contribution in [-0.2, 0) is 6.42 Å². The number of aromatic nitrogens is 2. The van der Waals surface area contributed by atoms with Gasteiger partial charge in [0.05, 0.1) is 6.10 Å². The topological polar surface area (TPSA) is 58.0 Å². The number of thiophene rings is 1. The molecule has 0 aliphatic rings. The van der Waals surface area contributed by atoms with Gasteiger partial charge in [-0.2, -0.15) is 11.3 Å². The van der Waals surface area contributed by atoms with Gasteiger partial charge in [0.1, 0.15) is 17.3 Å². The summed E-state index contributed by atoms with van der Waals surface area (Å²) in [6.45, 7) is 2.39. The van der Waals surface area contributed by atoms with Gasteiger partial charge in [-0.25, -0.2) is 9.97 Å². The number of nitrogens with zero attached hydrogens (tertiary/aromatic N) is 2. The van der Waals surface area contributed by atoms with Crippen LogP contribution in [-0.4, -0.2) is 21.6 Å². The molecule has 0 radical (unpaired) electrons. The molecule has 0 amide bonds. The first-order valence-corrected chi connectivity index (χ1v) is 6.97. The molecule has 0 aliphatic carbocycles. The maximum atomic E-state index is 9.97. The van der Waals surface area contributed by atoms with Gasteiger partial charge in [-0.3, -0.25) is 0 Å². The van der Waals surface area contributed by atoms with Gasteiger partial charge in [0, 0.05) is 12.1 Å². The van der Waals surface area contributed by atoms with Crippen LogP contribution in [0.4, 0.5) is 5.82 Å². The van der Waals surface area contributed by atoms with Crippen molar-refractivity contribution in [3.05, 3.63) is 39.4 Å². The molecule has 1 atom stereocenters. The summed E-state index contributed by atoms with van der Waals surface area (Å²) < 4.78 is 0. The third-order valence-electron chi connectivity index (χ3n) is 2.64. The number of nitrogens with one attached hydrogen (secondary N) is 1. The van der Waals surface area contributed by atoms with Crippen molar-refractivity contribution < 1.29 is 5.11 Å². The minimum absolute atomic E-state index is 0.400. The highest BCUT2D eigenvalue weighted by Crippen LogP contribution is 2.22. The average molecular weight is 284 g/mol. The fourth-order valence-electron chi connectivity index (χ4n) is 1.63. The van der Waals surface area contributed by atoms with Crippen molar-refractivity contribution in [2.45, 2.75) is 19.4 Å².